The molecule has 0 aliphatic carbocycles. The smallest absolute Gasteiger partial charge is 0.109 e. The molecule has 1 N–H and O–H groups in total. The topological polar surface area (TPSA) is 37.8 Å². The maximum atomic E-state index is 4.36. The second-order valence-corrected chi connectivity index (χ2v) is 4.94. The highest BCUT2D eigenvalue weighted by molar-refractivity contribution is 7.09. The predicted octanol–water partition coefficient (Wildman–Crippen LogP) is 3.09. The zero-order valence-electron chi connectivity index (χ0n) is 10.2. The molecule has 1 atom stereocenters. The summed E-state index contributed by atoms with van der Waals surface area (Å²) in [5.74, 6) is 0. The molecule has 2 aromatic heterocycles. The third kappa shape index (κ3) is 3.11. The van der Waals surface area contributed by atoms with Crippen molar-refractivity contribution in [2.24, 2.45) is 0 Å². The average Bonchev–Trinajstić information content (AvgIpc) is 2.86. The fourth-order valence-electron chi connectivity index (χ4n) is 1.73. The first kappa shape index (κ1) is 12.2. The summed E-state index contributed by atoms with van der Waals surface area (Å²) in [5.41, 5.74) is 2.53. The van der Waals surface area contributed by atoms with Crippen LogP contribution in [0.3, 0.4) is 0 Å². The molecule has 0 amide bonds. The van der Waals surface area contributed by atoms with Gasteiger partial charge < -0.3 is 5.32 Å². The molecule has 3 nitrogen and oxygen atoms in total. The minimum absolute atomic E-state index is 0.342. The van der Waals surface area contributed by atoms with Crippen LogP contribution < -0.4 is 5.32 Å². The molecule has 0 saturated carbocycles. The minimum atomic E-state index is 0.342. The van der Waals surface area contributed by atoms with Crippen LogP contribution in [0.4, 0.5) is 0 Å². The molecule has 0 fully saturated rings. The van der Waals surface area contributed by atoms with E-state index < -0.39 is 0 Å². The molecule has 1 unspecified atom stereocenters. The molecule has 0 aliphatic rings. The first-order chi connectivity index (χ1) is 8.31. The largest absolute Gasteiger partial charge is 0.304 e. The molecular formula is C13H17N3S. The molecule has 17 heavy (non-hydrogen) atoms. The monoisotopic (exact) mass is 247 g/mol. The van der Waals surface area contributed by atoms with Gasteiger partial charge in [-0.25, -0.2) is 4.98 Å². The number of nitrogens with zero attached hydrogens (tertiary/aromatic N) is 2. The zero-order valence-corrected chi connectivity index (χ0v) is 11.0. The lowest BCUT2D eigenvalue weighted by Gasteiger charge is -2.15. The average molecular weight is 247 g/mol. The number of aromatic nitrogens is 2. The van der Waals surface area contributed by atoms with Gasteiger partial charge in [0, 0.05) is 30.5 Å². The first-order valence-corrected chi connectivity index (χ1v) is 6.71. The standard InChI is InChI=1S/C13H17N3S/c1-3-12(13-15-6-7-17-13)16-9-11-8-14-5-4-10(11)2/h4-8,12,16H,3,9H2,1-2H3. The number of rotatable bonds is 5. The fraction of sp³-hybridized carbons (Fsp3) is 0.385. The van der Waals surface area contributed by atoms with Crippen molar-refractivity contribution in [1.29, 1.82) is 0 Å². The van der Waals surface area contributed by atoms with Gasteiger partial charge in [0.15, 0.2) is 0 Å². The van der Waals surface area contributed by atoms with E-state index in [9.17, 15) is 0 Å². The van der Waals surface area contributed by atoms with Crippen LogP contribution >= 0.6 is 11.3 Å². The number of aryl methyl sites for hydroxylation is 1. The summed E-state index contributed by atoms with van der Waals surface area (Å²) in [4.78, 5) is 8.52. The summed E-state index contributed by atoms with van der Waals surface area (Å²) in [6, 6.07) is 2.39. The molecule has 90 valence electrons. The summed E-state index contributed by atoms with van der Waals surface area (Å²) in [5, 5.41) is 6.72. The Bertz CT molecular complexity index is 453. The molecule has 4 heteroatoms. The Kier molecular flexibility index (Phi) is 4.23. The number of pyridine rings is 1. The molecule has 0 bridgehead atoms. The number of thiazole rings is 1. The van der Waals surface area contributed by atoms with Gasteiger partial charge in [0.1, 0.15) is 5.01 Å². The normalized spacial score (nSPS) is 12.6. The molecule has 0 aromatic carbocycles. The van der Waals surface area contributed by atoms with E-state index in [2.05, 4.69) is 29.1 Å². The van der Waals surface area contributed by atoms with Crippen LogP contribution in [-0.2, 0) is 6.54 Å². The van der Waals surface area contributed by atoms with Crippen LogP contribution in [0, 0.1) is 6.92 Å². The predicted molar refractivity (Wildman–Crippen MR) is 71.0 cm³/mol. The van der Waals surface area contributed by atoms with E-state index in [1.807, 2.05) is 30.0 Å². The van der Waals surface area contributed by atoms with Gasteiger partial charge in [-0.15, -0.1) is 11.3 Å². The van der Waals surface area contributed by atoms with Crippen molar-refractivity contribution < 1.29 is 0 Å². The Hall–Kier alpha value is -1.26. The Labute approximate surface area is 106 Å². The number of hydrogen-bond acceptors (Lipinski definition) is 4. The van der Waals surface area contributed by atoms with Gasteiger partial charge in [-0.2, -0.15) is 0 Å². The number of nitrogens with one attached hydrogen (secondary N) is 1. The molecule has 0 aliphatic heterocycles. The first-order valence-electron chi connectivity index (χ1n) is 5.83. The molecule has 0 spiro atoms. The van der Waals surface area contributed by atoms with E-state index >= 15 is 0 Å². The van der Waals surface area contributed by atoms with Crippen molar-refractivity contribution in [2.45, 2.75) is 32.9 Å². The van der Waals surface area contributed by atoms with Gasteiger partial charge in [0.05, 0.1) is 6.04 Å². The highest BCUT2D eigenvalue weighted by Gasteiger charge is 2.11. The van der Waals surface area contributed by atoms with Crippen molar-refractivity contribution >= 4 is 11.3 Å². The van der Waals surface area contributed by atoms with Gasteiger partial charge in [-0.05, 0) is 30.5 Å². The summed E-state index contributed by atoms with van der Waals surface area (Å²) in [6.45, 7) is 5.13. The second-order valence-electron chi connectivity index (χ2n) is 4.01. The summed E-state index contributed by atoms with van der Waals surface area (Å²) >= 11 is 1.71. The van der Waals surface area contributed by atoms with E-state index in [4.69, 9.17) is 0 Å². The van der Waals surface area contributed by atoms with Crippen LogP contribution in [0.1, 0.15) is 35.5 Å². The highest BCUT2D eigenvalue weighted by atomic mass is 32.1. The fourth-order valence-corrected chi connectivity index (χ4v) is 2.52. The van der Waals surface area contributed by atoms with Gasteiger partial charge in [0.2, 0.25) is 0 Å². The summed E-state index contributed by atoms with van der Waals surface area (Å²) in [7, 11) is 0. The quantitative estimate of drug-likeness (QED) is 0.882. The Morgan fingerprint density at radius 1 is 1.41 bits per heavy atom. The SMILES string of the molecule is CCC(NCc1cnccc1C)c1nccs1. The molecular weight excluding hydrogens is 230 g/mol. The maximum absolute atomic E-state index is 4.36. The lowest BCUT2D eigenvalue weighted by atomic mass is 10.1. The van der Waals surface area contributed by atoms with Crippen molar-refractivity contribution in [3.8, 4) is 0 Å². The second kappa shape index (κ2) is 5.89. The van der Waals surface area contributed by atoms with Crippen molar-refractivity contribution in [3.63, 3.8) is 0 Å². The Balaban J connectivity index is 2.00. The van der Waals surface area contributed by atoms with Crippen LogP contribution in [0.5, 0.6) is 0 Å². The van der Waals surface area contributed by atoms with E-state index in [1.165, 1.54) is 11.1 Å². The lowest BCUT2D eigenvalue weighted by molar-refractivity contribution is 0.515. The molecule has 2 rings (SSSR count). The highest BCUT2D eigenvalue weighted by Crippen LogP contribution is 2.19. The summed E-state index contributed by atoms with van der Waals surface area (Å²) < 4.78 is 0. The van der Waals surface area contributed by atoms with Crippen LogP contribution in [-0.4, -0.2) is 9.97 Å². The van der Waals surface area contributed by atoms with E-state index in [0.717, 1.165) is 18.0 Å². The number of hydrogen-bond donors (Lipinski definition) is 1. The van der Waals surface area contributed by atoms with E-state index in [1.54, 1.807) is 11.3 Å². The van der Waals surface area contributed by atoms with Gasteiger partial charge in [0.25, 0.3) is 0 Å². The van der Waals surface area contributed by atoms with Crippen LogP contribution in [0.2, 0.25) is 0 Å². The maximum Gasteiger partial charge on any atom is 0.109 e. The molecule has 2 heterocycles. The zero-order chi connectivity index (χ0) is 12.1. The van der Waals surface area contributed by atoms with Crippen molar-refractivity contribution in [1.82, 2.24) is 15.3 Å². The Morgan fingerprint density at radius 3 is 2.94 bits per heavy atom. The molecule has 2 aromatic rings. The van der Waals surface area contributed by atoms with Crippen LogP contribution in [0.15, 0.2) is 30.0 Å². The molecule has 0 saturated heterocycles. The molecule has 0 radical (unpaired) electrons. The summed E-state index contributed by atoms with van der Waals surface area (Å²) in [6.07, 6.45) is 6.67. The van der Waals surface area contributed by atoms with E-state index in [-0.39, 0.29) is 0 Å². The minimum Gasteiger partial charge on any atom is -0.304 e. The Morgan fingerprint density at radius 2 is 2.29 bits per heavy atom. The third-order valence-electron chi connectivity index (χ3n) is 2.84. The van der Waals surface area contributed by atoms with E-state index in [0.29, 0.717) is 6.04 Å². The van der Waals surface area contributed by atoms with Gasteiger partial charge in [-0.1, -0.05) is 6.92 Å². The van der Waals surface area contributed by atoms with Gasteiger partial charge in [-0.3, -0.25) is 4.98 Å². The lowest BCUT2D eigenvalue weighted by Crippen LogP contribution is -2.20. The third-order valence-corrected chi connectivity index (χ3v) is 3.73. The van der Waals surface area contributed by atoms with Crippen molar-refractivity contribution in [2.75, 3.05) is 0 Å². The van der Waals surface area contributed by atoms with Crippen LogP contribution in [0.25, 0.3) is 0 Å². The van der Waals surface area contributed by atoms with Crippen molar-refractivity contribution in [3.05, 3.63) is 46.2 Å². The van der Waals surface area contributed by atoms with Gasteiger partial charge >= 0.3 is 0 Å².